The Hall–Kier alpha value is -3.93. The van der Waals surface area contributed by atoms with Crippen molar-refractivity contribution in [3.05, 3.63) is 89.2 Å². The first-order valence-electron chi connectivity index (χ1n) is 12.1. The van der Waals surface area contributed by atoms with Crippen LogP contribution >= 0.6 is 0 Å². The summed E-state index contributed by atoms with van der Waals surface area (Å²) in [6.45, 7) is 5.16. The topological polar surface area (TPSA) is 63.9 Å². The van der Waals surface area contributed by atoms with E-state index in [0.717, 1.165) is 28.0 Å². The summed E-state index contributed by atoms with van der Waals surface area (Å²) in [5.41, 5.74) is 5.65. The summed E-state index contributed by atoms with van der Waals surface area (Å²) in [7, 11) is 0. The van der Waals surface area contributed by atoms with Gasteiger partial charge in [0.05, 0.1) is 17.7 Å². The molecule has 4 heterocycles. The molecular weight excluding hydrogens is 438 g/mol. The average Bonchev–Trinajstić information content (AvgIpc) is 3.30. The number of aryl methyl sites for hydroxylation is 2. The number of fused-ring (bicyclic) bond motifs is 2. The number of Topliss-reactive ketones (excluding diaryl/α,β-unsaturated/α-hetero) is 1. The van der Waals surface area contributed by atoms with E-state index in [1.165, 1.54) is 0 Å². The summed E-state index contributed by atoms with van der Waals surface area (Å²) < 4.78 is 8.37. The van der Waals surface area contributed by atoms with Crippen LogP contribution in [-0.2, 0) is 0 Å². The molecule has 0 unspecified atom stereocenters. The van der Waals surface area contributed by atoms with Gasteiger partial charge in [-0.1, -0.05) is 30.3 Å². The van der Waals surface area contributed by atoms with Gasteiger partial charge in [0.1, 0.15) is 17.0 Å². The molecule has 6 heteroatoms. The van der Waals surface area contributed by atoms with E-state index in [9.17, 15) is 9.59 Å². The number of ketones is 1. The molecule has 6 rings (SSSR count). The Morgan fingerprint density at radius 2 is 1.74 bits per heavy atom. The lowest BCUT2D eigenvalue weighted by Gasteiger charge is -2.44. The fraction of sp³-hybridized carbons (Fsp3) is 0.276. The van der Waals surface area contributed by atoms with Gasteiger partial charge in [-0.2, -0.15) is 0 Å². The SMILES string of the molecule is Cc1cc2c(cc1C)C(=O)CC1(CCN(C(=O)c3ccn4cc(-c5ccccc5)nc4c3)CC1)O2. The van der Waals surface area contributed by atoms with Gasteiger partial charge in [-0.15, -0.1) is 0 Å². The Bertz CT molecular complexity index is 1460. The monoisotopic (exact) mass is 465 g/mol. The Balaban J connectivity index is 1.19. The molecule has 35 heavy (non-hydrogen) atoms. The van der Waals surface area contributed by atoms with E-state index in [0.29, 0.717) is 49.2 Å². The quantitative estimate of drug-likeness (QED) is 0.405. The maximum atomic E-state index is 13.3. The lowest BCUT2D eigenvalue weighted by molar-refractivity contribution is -0.00575. The van der Waals surface area contributed by atoms with Gasteiger partial charge in [-0.25, -0.2) is 4.98 Å². The zero-order valence-corrected chi connectivity index (χ0v) is 20.0. The van der Waals surface area contributed by atoms with Gasteiger partial charge in [-0.05, 0) is 49.2 Å². The molecule has 0 radical (unpaired) electrons. The molecule has 1 spiro atoms. The predicted octanol–water partition coefficient (Wildman–Crippen LogP) is 5.26. The van der Waals surface area contributed by atoms with Gasteiger partial charge in [-0.3, -0.25) is 9.59 Å². The third-order valence-corrected chi connectivity index (χ3v) is 7.44. The standard InChI is InChI=1S/C29H27N3O3/c1-19-14-23-25(33)17-29(35-26(23)15-20(19)2)9-12-31(13-10-29)28(34)22-8-11-32-18-24(30-27(32)16-22)21-6-4-3-5-7-21/h3-8,11,14-16,18H,9-10,12-13,17H2,1-2H3. The van der Waals surface area contributed by atoms with E-state index >= 15 is 0 Å². The van der Waals surface area contributed by atoms with Gasteiger partial charge in [0.15, 0.2) is 5.78 Å². The van der Waals surface area contributed by atoms with Crippen LogP contribution in [0.3, 0.4) is 0 Å². The molecule has 0 atom stereocenters. The number of hydrogen-bond acceptors (Lipinski definition) is 4. The highest BCUT2D eigenvalue weighted by Crippen LogP contribution is 2.40. The largest absolute Gasteiger partial charge is 0.486 e. The molecule has 2 aliphatic heterocycles. The van der Waals surface area contributed by atoms with Crippen LogP contribution in [0, 0.1) is 13.8 Å². The summed E-state index contributed by atoms with van der Waals surface area (Å²) in [5, 5.41) is 0. The Labute approximate surface area is 204 Å². The molecule has 4 aromatic rings. The highest BCUT2D eigenvalue weighted by Gasteiger charge is 2.44. The lowest BCUT2D eigenvalue weighted by atomic mass is 9.81. The molecule has 2 aromatic carbocycles. The number of amides is 1. The molecular formula is C29H27N3O3. The van der Waals surface area contributed by atoms with E-state index in [4.69, 9.17) is 9.72 Å². The maximum Gasteiger partial charge on any atom is 0.254 e. The second kappa shape index (κ2) is 8.08. The van der Waals surface area contributed by atoms with Crippen molar-refractivity contribution < 1.29 is 14.3 Å². The zero-order valence-electron chi connectivity index (χ0n) is 20.0. The molecule has 6 nitrogen and oxygen atoms in total. The van der Waals surface area contributed by atoms with Crippen molar-refractivity contribution in [1.82, 2.24) is 14.3 Å². The Morgan fingerprint density at radius 1 is 1.00 bits per heavy atom. The fourth-order valence-electron chi connectivity index (χ4n) is 5.19. The van der Waals surface area contributed by atoms with Gasteiger partial charge in [0.25, 0.3) is 5.91 Å². The number of pyridine rings is 1. The van der Waals surface area contributed by atoms with Crippen molar-refractivity contribution in [3.8, 4) is 17.0 Å². The second-order valence-electron chi connectivity index (χ2n) is 9.78. The number of nitrogens with zero attached hydrogens (tertiary/aromatic N) is 3. The van der Waals surface area contributed by atoms with E-state index in [-0.39, 0.29) is 11.7 Å². The molecule has 176 valence electrons. The molecule has 0 bridgehead atoms. The van der Waals surface area contributed by atoms with Crippen LogP contribution in [0.5, 0.6) is 5.75 Å². The number of aromatic nitrogens is 2. The Morgan fingerprint density at radius 3 is 2.51 bits per heavy atom. The average molecular weight is 466 g/mol. The molecule has 0 saturated carbocycles. The van der Waals surface area contributed by atoms with Crippen molar-refractivity contribution in [2.75, 3.05) is 13.1 Å². The van der Waals surface area contributed by atoms with Gasteiger partial charge in [0, 0.05) is 49.5 Å². The minimum absolute atomic E-state index is 0.0133. The highest BCUT2D eigenvalue weighted by molar-refractivity contribution is 6.01. The summed E-state index contributed by atoms with van der Waals surface area (Å²) in [6.07, 6.45) is 5.51. The number of likely N-dealkylation sites (tertiary alicyclic amines) is 1. The minimum atomic E-state index is -0.528. The van der Waals surface area contributed by atoms with Crippen molar-refractivity contribution in [3.63, 3.8) is 0 Å². The number of rotatable bonds is 2. The molecule has 0 N–H and O–H groups in total. The first-order valence-corrected chi connectivity index (χ1v) is 12.1. The predicted molar refractivity (Wildman–Crippen MR) is 134 cm³/mol. The van der Waals surface area contributed by atoms with Crippen molar-refractivity contribution in [2.45, 2.75) is 38.7 Å². The maximum absolute atomic E-state index is 13.3. The minimum Gasteiger partial charge on any atom is -0.486 e. The normalized spacial score (nSPS) is 16.9. The van der Waals surface area contributed by atoms with Crippen LogP contribution < -0.4 is 4.74 Å². The van der Waals surface area contributed by atoms with E-state index in [1.54, 1.807) is 0 Å². The molecule has 2 aromatic heterocycles. The summed E-state index contributed by atoms with van der Waals surface area (Å²) in [6, 6.07) is 17.6. The summed E-state index contributed by atoms with van der Waals surface area (Å²) in [4.78, 5) is 32.8. The van der Waals surface area contributed by atoms with Crippen LogP contribution in [0.4, 0.5) is 0 Å². The number of carbonyl (C=O) groups excluding carboxylic acids is 2. The molecule has 1 fully saturated rings. The first kappa shape index (κ1) is 21.6. The molecule has 1 amide bonds. The fourth-order valence-corrected chi connectivity index (χ4v) is 5.19. The van der Waals surface area contributed by atoms with E-state index < -0.39 is 5.60 Å². The van der Waals surface area contributed by atoms with Crippen LogP contribution in [0.25, 0.3) is 16.9 Å². The number of carbonyl (C=O) groups is 2. The zero-order chi connectivity index (χ0) is 24.2. The third kappa shape index (κ3) is 3.79. The van der Waals surface area contributed by atoms with Gasteiger partial charge in [0.2, 0.25) is 0 Å². The first-order chi connectivity index (χ1) is 16.9. The molecule has 2 aliphatic rings. The summed E-state index contributed by atoms with van der Waals surface area (Å²) >= 11 is 0. The lowest BCUT2D eigenvalue weighted by Crippen LogP contribution is -2.52. The number of hydrogen-bond donors (Lipinski definition) is 0. The Kier molecular flexibility index (Phi) is 4.99. The summed E-state index contributed by atoms with van der Waals surface area (Å²) in [5.74, 6) is 0.803. The van der Waals surface area contributed by atoms with E-state index in [1.807, 2.05) is 90.1 Å². The number of piperidine rings is 1. The van der Waals surface area contributed by atoms with Gasteiger partial charge < -0.3 is 14.0 Å². The van der Waals surface area contributed by atoms with Crippen LogP contribution in [0.2, 0.25) is 0 Å². The smallest absolute Gasteiger partial charge is 0.254 e. The number of ether oxygens (including phenoxy) is 1. The second-order valence-corrected chi connectivity index (χ2v) is 9.78. The van der Waals surface area contributed by atoms with E-state index in [2.05, 4.69) is 0 Å². The molecule has 0 aliphatic carbocycles. The van der Waals surface area contributed by atoms with Crippen molar-refractivity contribution in [1.29, 1.82) is 0 Å². The third-order valence-electron chi connectivity index (χ3n) is 7.44. The molecule has 1 saturated heterocycles. The van der Waals surface area contributed by atoms with Crippen LogP contribution in [-0.4, -0.2) is 44.7 Å². The number of imidazole rings is 1. The number of benzene rings is 2. The van der Waals surface area contributed by atoms with Crippen LogP contribution in [0.15, 0.2) is 67.0 Å². The van der Waals surface area contributed by atoms with Crippen LogP contribution in [0.1, 0.15) is 51.1 Å². The highest BCUT2D eigenvalue weighted by atomic mass is 16.5. The van der Waals surface area contributed by atoms with Crippen molar-refractivity contribution in [2.24, 2.45) is 0 Å². The van der Waals surface area contributed by atoms with Gasteiger partial charge >= 0.3 is 0 Å². The van der Waals surface area contributed by atoms with Crippen molar-refractivity contribution >= 4 is 17.3 Å².